The lowest BCUT2D eigenvalue weighted by Gasteiger charge is -2.13. The summed E-state index contributed by atoms with van der Waals surface area (Å²) in [7, 11) is 1.83. The van der Waals surface area contributed by atoms with Crippen LogP contribution in [0.1, 0.15) is 37.0 Å². The van der Waals surface area contributed by atoms with Gasteiger partial charge in [0.15, 0.2) is 4.60 Å². The largest absolute Gasteiger partial charge is 0.318 e. The Hall–Kier alpha value is -1.21. The molecule has 0 radical (unpaired) electrons. The lowest BCUT2D eigenvalue weighted by molar-refractivity contribution is 0.572. The highest BCUT2D eigenvalue weighted by molar-refractivity contribution is 9.10. The van der Waals surface area contributed by atoms with Crippen LogP contribution >= 0.6 is 15.9 Å². The quantitative estimate of drug-likeness (QED) is 0.926. The number of hydrogen-bond acceptors (Lipinski definition) is 4. The smallest absolute Gasteiger partial charge is 0.153 e. The highest BCUT2D eigenvalue weighted by atomic mass is 79.9. The minimum absolute atomic E-state index is 0.285. The Morgan fingerprint density at radius 2 is 2.17 bits per heavy atom. The fourth-order valence-corrected chi connectivity index (χ4v) is 2.55. The second-order valence-corrected chi connectivity index (χ2v) is 4.85. The van der Waals surface area contributed by atoms with Gasteiger partial charge >= 0.3 is 0 Å². The Kier molecular flexibility index (Phi) is 3.82. The summed E-state index contributed by atoms with van der Waals surface area (Å²) in [6.07, 6.45) is 0.900. The van der Waals surface area contributed by atoms with E-state index in [1.54, 1.807) is 4.68 Å². The number of hydrogen-bond donors (Lipinski definition) is 1. The molecule has 2 heterocycles. The van der Waals surface area contributed by atoms with Crippen molar-refractivity contribution >= 4 is 15.9 Å². The molecule has 18 heavy (non-hydrogen) atoms. The predicted molar refractivity (Wildman–Crippen MR) is 72.0 cm³/mol. The van der Waals surface area contributed by atoms with Crippen LogP contribution in [0.5, 0.6) is 0 Å². The Morgan fingerprint density at radius 3 is 2.67 bits per heavy atom. The molecule has 0 aliphatic carbocycles. The molecule has 0 aliphatic heterocycles. The molecular weight excluding hydrogens is 296 g/mol. The summed E-state index contributed by atoms with van der Waals surface area (Å²) in [5.74, 6) is 0. The van der Waals surface area contributed by atoms with Gasteiger partial charge in [0.05, 0.1) is 23.1 Å². The van der Waals surface area contributed by atoms with Crippen LogP contribution in [-0.4, -0.2) is 24.8 Å². The first-order chi connectivity index (χ1) is 8.58. The van der Waals surface area contributed by atoms with Gasteiger partial charge in [-0.3, -0.25) is 4.68 Å². The minimum Gasteiger partial charge on any atom is -0.318 e. The first-order valence-corrected chi connectivity index (χ1v) is 6.75. The summed E-state index contributed by atoms with van der Waals surface area (Å²) in [4.78, 5) is 0. The Morgan fingerprint density at radius 1 is 1.44 bits per heavy atom. The Labute approximate surface area is 114 Å². The van der Waals surface area contributed by atoms with Crippen LogP contribution in [0.3, 0.4) is 0 Å². The molecule has 2 N–H and O–H groups in total. The highest BCUT2D eigenvalue weighted by Crippen LogP contribution is 2.25. The molecule has 2 aromatic heterocycles. The van der Waals surface area contributed by atoms with E-state index < -0.39 is 0 Å². The normalized spacial score (nSPS) is 12.9. The van der Waals surface area contributed by atoms with Gasteiger partial charge in [-0.15, -0.1) is 5.10 Å². The van der Waals surface area contributed by atoms with Gasteiger partial charge in [-0.25, -0.2) is 4.68 Å². The maximum Gasteiger partial charge on any atom is 0.153 e. The summed E-state index contributed by atoms with van der Waals surface area (Å²) in [6, 6.07) is 1.76. The molecule has 0 aromatic carbocycles. The van der Waals surface area contributed by atoms with Gasteiger partial charge in [0.1, 0.15) is 0 Å². The molecule has 6 nitrogen and oxygen atoms in total. The molecule has 1 atom stereocenters. The zero-order valence-electron chi connectivity index (χ0n) is 10.8. The van der Waals surface area contributed by atoms with E-state index in [0.717, 1.165) is 30.0 Å². The topological polar surface area (TPSA) is 74.5 Å². The van der Waals surface area contributed by atoms with Crippen molar-refractivity contribution in [1.29, 1.82) is 0 Å². The van der Waals surface area contributed by atoms with Crippen molar-refractivity contribution in [2.75, 3.05) is 0 Å². The number of aryl methyl sites for hydroxylation is 3. The van der Waals surface area contributed by atoms with Crippen LogP contribution in [-0.2, 0) is 20.0 Å². The van der Waals surface area contributed by atoms with Crippen molar-refractivity contribution in [2.24, 2.45) is 12.8 Å². The second-order valence-electron chi connectivity index (χ2n) is 4.10. The van der Waals surface area contributed by atoms with E-state index in [0.29, 0.717) is 4.60 Å². The maximum absolute atomic E-state index is 6.32. The molecule has 0 saturated carbocycles. The standard InChI is InChI=1S/C11H17BrN6/c1-4-7-6-8(18(5-2)15-7)9(13)10-11(12)14-16-17(10)3/h6,9H,4-5,13H2,1-3H3. The summed E-state index contributed by atoms with van der Waals surface area (Å²) < 4.78 is 4.30. The fourth-order valence-electron chi connectivity index (χ4n) is 1.97. The maximum atomic E-state index is 6.32. The van der Waals surface area contributed by atoms with Crippen LogP contribution in [0.25, 0.3) is 0 Å². The first kappa shape index (κ1) is 13.2. The SMILES string of the molecule is CCc1cc(C(N)c2c(Br)nnn2C)n(CC)n1. The molecule has 7 heteroatoms. The van der Waals surface area contributed by atoms with E-state index in [-0.39, 0.29) is 6.04 Å². The fraction of sp³-hybridized carbons (Fsp3) is 0.545. The summed E-state index contributed by atoms with van der Waals surface area (Å²) in [5, 5.41) is 12.4. The number of aromatic nitrogens is 5. The van der Waals surface area contributed by atoms with Crippen molar-refractivity contribution in [3.05, 3.63) is 27.8 Å². The third-order valence-electron chi connectivity index (χ3n) is 2.96. The summed E-state index contributed by atoms with van der Waals surface area (Å²) in [6.45, 7) is 4.93. The average molecular weight is 313 g/mol. The Bertz CT molecular complexity index is 524. The molecule has 2 aromatic rings. The van der Waals surface area contributed by atoms with Crippen molar-refractivity contribution in [3.63, 3.8) is 0 Å². The molecule has 98 valence electrons. The lowest BCUT2D eigenvalue weighted by Crippen LogP contribution is -2.20. The van der Waals surface area contributed by atoms with Gasteiger partial charge in [0, 0.05) is 13.6 Å². The monoisotopic (exact) mass is 312 g/mol. The van der Waals surface area contributed by atoms with Crippen LogP contribution in [0.4, 0.5) is 0 Å². The van der Waals surface area contributed by atoms with Gasteiger partial charge in [0.2, 0.25) is 0 Å². The zero-order chi connectivity index (χ0) is 13.3. The molecule has 2 rings (SSSR count). The molecule has 0 bridgehead atoms. The molecule has 1 unspecified atom stereocenters. The van der Waals surface area contributed by atoms with Crippen LogP contribution < -0.4 is 5.73 Å². The minimum atomic E-state index is -0.285. The lowest BCUT2D eigenvalue weighted by atomic mass is 10.1. The van der Waals surface area contributed by atoms with E-state index in [1.807, 2.05) is 17.8 Å². The molecule has 0 aliphatic rings. The summed E-state index contributed by atoms with van der Waals surface area (Å²) in [5.41, 5.74) is 9.21. The average Bonchev–Trinajstić information content (AvgIpc) is 2.92. The second kappa shape index (κ2) is 5.19. The molecular formula is C11H17BrN6. The number of rotatable bonds is 4. The van der Waals surface area contributed by atoms with E-state index in [1.165, 1.54) is 0 Å². The van der Waals surface area contributed by atoms with E-state index >= 15 is 0 Å². The zero-order valence-corrected chi connectivity index (χ0v) is 12.3. The molecule has 0 saturated heterocycles. The van der Waals surface area contributed by atoms with Gasteiger partial charge < -0.3 is 5.73 Å². The van der Waals surface area contributed by atoms with E-state index in [4.69, 9.17) is 5.73 Å². The van der Waals surface area contributed by atoms with Crippen LogP contribution in [0.2, 0.25) is 0 Å². The highest BCUT2D eigenvalue weighted by Gasteiger charge is 2.22. The van der Waals surface area contributed by atoms with Crippen molar-refractivity contribution in [3.8, 4) is 0 Å². The number of nitrogens with zero attached hydrogens (tertiary/aromatic N) is 5. The first-order valence-electron chi connectivity index (χ1n) is 5.95. The van der Waals surface area contributed by atoms with Crippen molar-refractivity contribution in [1.82, 2.24) is 24.8 Å². The van der Waals surface area contributed by atoms with Gasteiger partial charge in [-0.1, -0.05) is 12.1 Å². The van der Waals surface area contributed by atoms with Crippen molar-refractivity contribution < 1.29 is 0 Å². The van der Waals surface area contributed by atoms with Gasteiger partial charge in [-0.2, -0.15) is 5.10 Å². The van der Waals surface area contributed by atoms with Crippen LogP contribution in [0.15, 0.2) is 10.7 Å². The third-order valence-corrected chi connectivity index (χ3v) is 3.53. The molecule has 0 spiro atoms. The third kappa shape index (κ3) is 2.20. The van der Waals surface area contributed by atoms with Crippen LogP contribution in [0, 0.1) is 0 Å². The molecule has 0 fully saturated rings. The van der Waals surface area contributed by atoms with Gasteiger partial charge in [-0.05, 0) is 35.3 Å². The summed E-state index contributed by atoms with van der Waals surface area (Å²) >= 11 is 3.38. The van der Waals surface area contributed by atoms with Crippen molar-refractivity contribution in [2.45, 2.75) is 32.9 Å². The van der Waals surface area contributed by atoms with E-state index in [9.17, 15) is 0 Å². The number of halogens is 1. The predicted octanol–water partition coefficient (Wildman–Crippen LogP) is 1.40. The number of nitrogens with two attached hydrogens (primary N) is 1. The van der Waals surface area contributed by atoms with Gasteiger partial charge in [0.25, 0.3) is 0 Å². The Balaban J connectivity index is 2.45. The molecule has 0 amide bonds. The van der Waals surface area contributed by atoms with E-state index in [2.05, 4.69) is 45.2 Å².